The molecule has 0 aliphatic heterocycles. The first kappa shape index (κ1) is 18.3. The van der Waals surface area contributed by atoms with Crippen LogP contribution in [0.25, 0.3) is 11.0 Å². The molecule has 6 nitrogen and oxygen atoms in total. The number of aliphatic hydroxyl groups is 1. The van der Waals surface area contributed by atoms with Gasteiger partial charge in [0.15, 0.2) is 5.82 Å². The number of fused-ring (bicyclic) bond motifs is 1. The Morgan fingerprint density at radius 2 is 2.14 bits per heavy atom. The molecule has 0 bridgehead atoms. The number of rotatable bonds is 6. The number of halogens is 2. The molecule has 2 heterocycles. The summed E-state index contributed by atoms with van der Waals surface area (Å²) in [6.45, 7) is 3.93. The van der Waals surface area contributed by atoms with E-state index in [1.165, 1.54) is 6.07 Å². The van der Waals surface area contributed by atoms with Crippen LogP contribution in [0.2, 0.25) is 0 Å². The van der Waals surface area contributed by atoms with Gasteiger partial charge in [-0.1, -0.05) is 19.8 Å². The lowest BCUT2D eigenvalue weighted by Gasteiger charge is -2.29. The van der Waals surface area contributed by atoms with Gasteiger partial charge in [-0.2, -0.15) is 4.98 Å². The van der Waals surface area contributed by atoms with E-state index in [9.17, 15) is 9.50 Å². The van der Waals surface area contributed by atoms with Crippen LogP contribution in [-0.2, 0) is 0 Å². The van der Waals surface area contributed by atoms with Crippen molar-refractivity contribution in [3.63, 3.8) is 0 Å². The standard InChI is InChI=1S/C14H20FN5O.ClH/c1-3-4-5-14(2,8-21)20-12-11-10(18-13(16)19-12)6-9(15)7-17-11;/h6-7,21H,3-5,8H2,1-2H3,(H3,16,18,19,20);1H/t14-;/m1./s1. The van der Waals surface area contributed by atoms with Crippen molar-refractivity contribution in [3.05, 3.63) is 18.1 Å². The summed E-state index contributed by atoms with van der Waals surface area (Å²) in [5.41, 5.74) is 5.88. The SMILES string of the molecule is CCCC[C@](C)(CO)Nc1nc(N)nc2cc(F)cnc12.Cl. The molecule has 122 valence electrons. The summed E-state index contributed by atoms with van der Waals surface area (Å²) in [4.78, 5) is 12.1. The van der Waals surface area contributed by atoms with Crippen LogP contribution in [0.5, 0.6) is 0 Å². The van der Waals surface area contributed by atoms with Crippen molar-refractivity contribution >= 4 is 35.2 Å². The van der Waals surface area contributed by atoms with Crippen molar-refractivity contribution in [3.8, 4) is 0 Å². The Balaban J connectivity index is 0.00000242. The molecule has 2 aromatic rings. The number of nitrogens with two attached hydrogens (primary N) is 1. The summed E-state index contributed by atoms with van der Waals surface area (Å²) < 4.78 is 13.2. The summed E-state index contributed by atoms with van der Waals surface area (Å²) in [5, 5.41) is 12.8. The number of nitrogens with zero attached hydrogens (tertiary/aromatic N) is 3. The Morgan fingerprint density at radius 3 is 2.77 bits per heavy atom. The van der Waals surface area contributed by atoms with E-state index in [0.29, 0.717) is 16.9 Å². The number of hydrogen-bond donors (Lipinski definition) is 3. The van der Waals surface area contributed by atoms with E-state index in [2.05, 4.69) is 27.2 Å². The zero-order valence-corrected chi connectivity index (χ0v) is 13.5. The van der Waals surface area contributed by atoms with Crippen LogP contribution in [0.15, 0.2) is 12.3 Å². The minimum Gasteiger partial charge on any atom is -0.394 e. The summed E-state index contributed by atoms with van der Waals surface area (Å²) >= 11 is 0. The Labute approximate surface area is 134 Å². The predicted octanol–water partition coefficient (Wildman–Crippen LogP) is 2.52. The highest BCUT2D eigenvalue weighted by atomic mass is 35.5. The van der Waals surface area contributed by atoms with E-state index in [4.69, 9.17) is 5.73 Å². The molecule has 0 saturated carbocycles. The number of aromatic nitrogens is 3. The molecule has 8 heteroatoms. The van der Waals surface area contributed by atoms with Crippen molar-refractivity contribution in [2.75, 3.05) is 17.7 Å². The van der Waals surface area contributed by atoms with Gasteiger partial charge in [0.25, 0.3) is 0 Å². The van der Waals surface area contributed by atoms with Gasteiger partial charge >= 0.3 is 0 Å². The highest BCUT2D eigenvalue weighted by molar-refractivity contribution is 5.86. The van der Waals surface area contributed by atoms with Gasteiger partial charge in [-0.3, -0.25) is 0 Å². The highest BCUT2D eigenvalue weighted by Gasteiger charge is 2.24. The summed E-state index contributed by atoms with van der Waals surface area (Å²) in [5.74, 6) is -0.0409. The van der Waals surface area contributed by atoms with E-state index < -0.39 is 11.4 Å². The normalized spacial score (nSPS) is 13.5. The maximum absolute atomic E-state index is 13.2. The average Bonchev–Trinajstić information content (AvgIpc) is 2.44. The lowest BCUT2D eigenvalue weighted by atomic mass is 9.96. The van der Waals surface area contributed by atoms with E-state index in [1.54, 1.807) is 0 Å². The van der Waals surface area contributed by atoms with Gasteiger partial charge in [-0.15, -0.1) is 12.4 Å². The molecule has 1 atom stereocenters. The quantitative estimate of drug-likeness (QED) is 0.753. The molecule has 0 radical (unpaired) electrons. The third-order valence-electron chi connectivity index (χ3n) is 3.37. The lowest BCUT2D eigenvalue weighted by Crippen LogP contribution is -2.39. The minimum atomic E-state index is -0.542. The monoisotopic (exact) mass is 329 g/mol. The molecule has 0 unspecified atom stereocenters. The second kappa shape index (κ2) is 7.51. The number of aliphatic hydroxyl groups excluding tert-OH is 1. The van der Waals surface area contributed by atoms with E-state index in [1.807, 2.05) is 6.92 Å². The third kappa shape index (κ3) is 4.14. The molecule has 2 aromatic heterocycles. The number of anilines is 2. The van der Waals surface area contributed by atoms with Gasteiger partial charge in [-0.05, 0) is 13.3 Å². The number of pyridine rings is 1. The first-order valence-electron chi connectivity index (χ1n) is 6.95. The topological polar surface area (TPSA) is 97.0 Å². The Bertz CT molecular complexity index is 637. The zero-order valence-electron chi connectivity index (χ0n) is 12.6. The van der Waals surface area contributed by atoms with Crippen molar-refractivity contribution in [1.29, 1.82) is 0 Å². The van der Waals surface area contributed by atoms with Crippen molar-refractivity contribution in [1.82, 2.24) is 15.0 Å². The van der Waals surface area contributed by atoms with Crippen LogP contribution >= 0.6 is 12.4 Å². The largest absolute Gasteiger partial charge is 0.394 e. The number of nitrogens with one attached hydrogen (secondary N) is 1. The number of unbranched alkanes of at least 4 members (excludes halogenated alkanes) is 1. The van der Waals surface area contributed by atoms with Crippen molar-refractivity contribution in [2.45, 2.75) is 38.6 Å². The van der Waals surface area contributed by atoms with E-state index in [-0.39, 0.29) is 25.0 Å². The van der Waals surface area contributed by atoms with Gasteiger partial charge in [0.1, 0.15) is 11.3 Å². The molecule has 0 saturated heterocycles. The van der Waals surface area contributed by atoms with Gasteiger partial charge in [-0.25, -0.2) is 14.4 Å². The average molecular weight is 330 g/mol. The molecule has 0 aliphatic carbocycles. The second-order valence-corrected chi connectivity index (χ2v) is 5.40. The fraction of sp³-hybridized carbons (Fsp3) is 0.500. The molecule has 0 spiro atoms. The van der Waals surface area contributed by atoms with Crippen LogP contribution < -0.4 is 11.1 Å². The molecule has 0 aromatic carbocycles. The van der Waals surface area contributed by atoms with Crippen molar-refractivity contribution in [2.24, 2.45) is 0 Å². The maximum atomic E-state index is 13.2. The molecular formula is C14H21ClFN5O. The molecule has 4 N–H and O–H groups in total. The van der Waals surface area contributed by atoms with Gasteiger partial charge in [0, 0.05) is 6.07 Å². The van der Waals surface area contributed by atoms with Crippen LogP contribution in [0.4, 0.5) is 16.2 Å². The fourth-order valence-corrected chi connectivity index (χ4v) is 2.13. The van der Waals surface area contributed by atoms with E-state index >= 15 is 0 Å². The number of hydrogen-bond acceptors (Lipinski definition) is 6. The Morgan fingerprint density at radius 1 is 1.41 bits per heavy atom. The first-order chi connectivity index (χ1) is 9.97. The first-order valence-corrected chi connectivity index (χ1v) is 6.95. The summed E-state index contributed by atoms with van der Waals surface area (Å²) in [6, 6.07) is 1.26. The smallest absolute Gasteiger partial charge is 0.222 e. The minimum absolute atomic E-state index is 0. The molecular weight excluding hydrogens is 309 g/mol. The van der Waals surface area contributed by atoms with Crippen molar-refractivity contribution < 1.29 is 9.50 Å². The van der Waals surface area contributed by atoms with Crippen LogP contribution in [0, 0.1) is 5.82 Å². The molecule has 0 fully saturated rings. The summed E-state index contributed by atoms with van der Waals surface area (Å²) in [6.07, 6.45) is 3.86. The fourth-order valence-electron chi connectivity index (χ4n) is 2.13. The third-order valence-corrected chi connectivity index (χ3v) is 3.37. The Kier molecular flexibility index (Phi) is 6.25. The predicted molar refractivity (Wildman–Crippen MR) is 87.6 cm³/mol. The zero-order chi connectivity index (χ0) is 15.5. The van der Waals surface area contributed by atoms with E-state index in [0.717, 1.165) is 25.5 Å². The van der Waals surface area contributed by atoms with Gasteiger partial charge < -0.3 is 16.2 Å². The second-order valence-electron chi connectivity index (χ2n) is 5.40. The molecule has 22 heavy (non-hydrogen) atoms. The number of nitrogen functional groups attached to an aromatic ring is 1. The van der Waals surface area contributed by atoms with Gasteiger partial charge in [0.05, 0.1) is 23.9 Å². The maximum Gasteiger partial charge on any atom is 0.222 e. The van der Waals surface area contributed by atoms with Crippen LogP contribution in [0.3, 0.4) is 0 Å². The summed E-state index contributed by atoms with van der Waals surface area (Å²) in [7, 11) is 0. The molecule has 2 rings (SSSR count). The van der Waals surface area contributed by atoms with Gasteiger partial charge in [0.2, 0.25) is 5.95 Å². The highest BCUT2D eigenvalue weighted by Crippen LogP contribution is 2.25. The van der Waals surface area contributed by atoms with Crippen LogP contribution in [-0.4, -0.2) is 32.2 Å². The lowest BCUT2D eigenvalue weighted by molar-refractivity contribution is 0.212. The molecule has 0 aliphatic rings. The Hall–Kier alpha value is -1.73. The van der Waals surface area contributed by atoms with Crippen LogP contribution in [0.1, 0.15) is 33.1 Å². The molecule has 0 amide bonds.